The highest BCUT2D eigenvalue weighted by Crippen LogP contribution is 2.32. The van der Waals surface area contributed by atoms with Crippen molar-refractivity contribution < 1.29 is 9.13 Å². The molecule has 0 amide bonds. The van der Waals surface area contributed by atoms with Crippen molar-refractivity contribution in [3.05, 3.63) is 29.4 Å². The minimum Gasteiger partial charge on any atom is -0.487 e. The van der Waals surface area contributed by atoms with Crippen LogP contribution in [0, 0.1) is 5.13 Å². The van der Waals surface area contributed by atoms with Crippen LogP contribution >= 0.6 is 23.7 Å². The Morgan fingerprint density at radius 1 is 1.38 bits per heavy atom. The number of rotatable bonds is 2. The topological polar surface area (TPSA) is 21.3 Å². The molecule has 2 nitrogen and oxygen atoms in total. The van der Waals surface area contributed by atoms with Gasteiger partial charge in [-0.3, -0.25) is 0 Å². The van der Waals surface area contributed by atoms with E-state index in [0.29, 0.717) is 0 Å². The predicted octanol–water partition coefficient (Wildman–Crippen LogP) is 2.81. The van der Waals surface area contributed by atoms with Crippen LogP contribution in [0.5, 0.6) is 5.75 Å². The SMILES string of the molecule is Cl.Fc1cc2c(OC3CNC3)cccc2s1. The summed E-state index contributed by atoms with van der Waals surface area (Å²) in [5.41, 5.74) is 0. The van der Waals surface area contributed by atoms with Crippen molar-refractivity contribution in [3.8, 4) is 5.75 Å². The highest BCUT2D eigenvalue weighted by atomic mass is 35.5. The second-order valence-electron chi connectivity index (χ2n) is 3.62. The van der Waals surface area contributed by atoms with Crippen LogP contribution in [0.4, 0.5) is 4.39 Å². The molecule has 5 heteroatoms. The fraction of sp³-hybridized carbons (Fsp3) is 0.273. The number of hydrogen-bond acceptors (Lipinski definition) is 3. The smallest absolute Gasteiger partial charge is 0.177 e. The van der Waals surface area contributed by atoms with Gasteiger partial charge in [0.1, 0.15) is 11.9 Å². The summed E-state index contributed by atoms with van der Waals surface area (Å²) in [5, 5.41) is 3.86. The number of hydrogen-bond donors (Lipinski definition) is 1. The third-order valence-corrected chi connectivity index (χ3v) is 3.42. The van der Waals surface area contributed by atoms with Gasteiger partial charge in [-0.2, -0.15) is 4.39 Å². The maximum Gasteiger partial charge on any atom is 0.177 e. The van der Waals surface area contributed by atoms with Gasteiger partial charge in [0, 0.05) is 23.2 Å². The number of ether oxygens (including phenoxy) is 1. The molecule has 1 fully saturated rings. The van der Waals surface area contributed by atoms with Crippen molar-refractivity contribution >= 4 is 33.8 Å². The van der Waals surface area contributed by atoms with E-state index < -0.39 is 0 Å². The molecule has 1 N–H and O–H groups in total. The third-order valence-electron chi connectivity index (χ3n) is 2.53. The minimum absolute atomic E-state index is 0. The summed E-state index contributed by atoms with van der Waals surface area (Å²) in [6.07, 6.45) is 0.235. The Kier molecular flexibility index (Phi) is 3.33. The Hall–Kier alpha value is -0.840. The van der Waals surface area contributed by atoms with Gasteiger partial charge < -0.3 is 10.1 Å². The standard InChI is InChI=1S/C11H10FNOS.ClH/c12-11-4-8-9(14-7-5-13-6-7)2-1-3-10(8)15-11;/h1-4,7,13H,5-6H2;1H. The first kappa shape index (κ1) is 11.6. The van der Waals surface area contributed by atoms with E-state index in [9.17, 15) is 4.39 Å². The van der Waals surface area contributed by atoms with Crippen molar-refractivity contribution in [2.24, 2.45) is 0 Å². The normalized spacial score (nSPS) is 15.6. The number of benzene rings is 1. The van der Waals surface area contributed by atoms with Crippen LogP contribution in [0.1, 0.15) is 0 Å². The van der Waals surface area contributed by atoms with Crippen molar-refractivity contribution in [1.82, 2.24) is 5.32 Å². The maximum absolute atomic E-state index is 13.1. The highest BCUT2D eigenvalue weighted by molar-refractivity contribution is 7.17. The van der Waals surface area contributed by atoms with E-state index in [-0.39, 0.29) is 23.6 Å². The lowest BCUT2D eigenvalue weighted by molar-refractivity contribution is 0.144. The average Bonchev–Trinajstić information content (AvgIpc) is 2.52. The molecule has 1 aromatic carbocycles. The van der Waals surface area contributed by atoms with Crippen LogP contribution in [0.3, 0.4) is 0 Å². The van der Waals surface area contributed by atoms with Crippen molar-refractivity contribution in [2.45, 2.75) is 6.10 Å². The molecule has 16 heavy (non-hydrogen) atoms. The van der Waals surface area contributed by atoms with Crippen LogP contribution in [0.2, 0.25) is 0 Å². The van der Waals surface area contributed by atoms with Gasteiger partial charge in [0.2, 0.25) is 0 Å². The van der Waals surface area contributed by atoms with Crippen LogP contribution in [0.15, 0.2) is 24.3 Å². The zero-order valence-corrected chi connectivity index (χ0v) is 10.0. The van der Waals surface area contributed by atoms with Gasteiger partial charge in [-0.25, -0.2) is 0 Å². The second-order valence-corrected chi connectivity index (χ2v) is 4.65. The number of halogens is 2. The van der Waals surface area contributed by atoms with E-state index >= 15 is 0 Å². The second kappa shape index (κ2) is 4.57. The largest absolute Gasteiger partial charge is 0.487 e. The molecule has 1 aliphatic rings. The van der Waals surface area contributed by atoms with Gasteiger partial charge >= 0.3 is 0 Å². The zero-order valence-electron chi connectivity index (χ0n) is 8.40. The maximum atomic E-state index is 13.1. The molecule has 0 spiro atoms. The predicted molar refractivity (Wildman–Crippen MR) is 66.3 cm³/mol. The van der Waals surface area contributed by atoms with Gasteiger partial charge in [0.25, 0.3) is 0 Å². The molecular weight excluding hydrogens is 249 g/mol. The molecule has 1 aliphatic heterocycles. The monoisotopic (exact) mass is 259 g/mol. The Morgan fingerprint density at radius 3 is 2.88 bits per heavy atom. The summed E-state index contributed by atoms with van der Waals surface area (Å²) in [5.74, 6) is 0.791. The summed E-state index contributed by atoms with van der Waals surface area (Å²) in [6, 6.07) is 7.25. The third kappa shape index (κ3) is 2.00. The van der Waals surface area contributed by atoms with Crippen LogP contribution < -0.4 is 10.1 Å². The van der Waals surface area contributed by atoms with Gasteiger partial charge in [0.05, 0.1) is 0 Å². The molecule has 0 aliphatic carbocycles. The van der Waals surface area contributed by atoms with Crippen LogP contribution in [-0.4, -0.2) is 19.2 Å². The molecule has 1 aromatic heterocycles. The van der Waals surface area contributed by atoms with Gasteiger partial charge in [-0.15, -0.1) is 23.7 Å². The van der Waals surface area contributed by atoms with Gasteiger partial charge in [-0.05, 0) is 18.2 Å². The zero-order chi connectivity index (χ0) is 10.3. The molecule has 0 saturated carbocycles. The number of thiophene rings is 1. The molecule has 2 heterocycles. The van der Waals surface area contributed by atoms with Crippen LogP contribution in [0.25, 0.3) is 10.1 Å². The first-order valence-corrected chi connectivity index (χ1v) is 5.70. The van der Waals surface area contributed by atoms with Crippen molar-refractivity contribution in [1.29, 1.82) is 0 Å². The molecule has 86 valence electrons. The Bertz CT molecular complexity index is 498. The lowest BCUT2D eigenvalue weighted by atomic mass is 10.2. The lowest BCUT2D eigenvalue weighted by Crippen LogP contribution is -2.50. The van der Waals surface area contributed by atoms with E-state index in [1.165, 1.54) is 0 Å². The summed E-state index contributed by atoms with van der Waals surface area (Å²) in [4.78, 5) is 0. The molecule has 0 atom stereocenters. The minimum atomic E-state index is -0.159. The van der Waals surface area contributed by atoms with E-state index in [1.807, 2.05) is 18.2 Å². The van der Waals surface area contributed by atoms with E-state index in [4.69, 9.17) is 4.74 Å². The summed E-state index contributed by atoms with van der Waals surface area (Å²) in [7, 11) is 0. The van der Waals surface area contributed by atoms with E-state index in [2.05, 4.69) is 5.32 Å². The summed E-state index contributed by atoms with van der Waals surface area (Å²) >= 11 is 1.16. The molecule has 0 unspecified atom stereocenters. The Labute approximate surface area is 103 Å². The molecule has 2 aromatic rings. The van der Waals surface area contributed by atoms with Crippen molar-refractivity contribution in [3.63, 3.8) is 0 Å². The van der Waals surface area contributed by atoms with Crippen LogP contribution in [-0.2, 0) is 0 Å². The average molecular weight is 260 g/mol. The fourth-order valence-corrected chi connectivity index (χ4v) is 2.43. The molecular formula is C11H11ClFNOS. The Balaban J connectivity index is 0.000000963. The van der Waals surface area contributed by atoms with E-state index in [1.54, 1.807) is 6.07 Å². The fourth-order valence-electron chi connectivity index (χ4n) is 1.63. The molecule has 3 rings (SSSR count). The molecule has 1 saturated heterocycles. The molecule has 0 radical (unpaired) electrons. The lowest BCUT2D eigenvalue weighted by Gasteiger charge is -2.28. The van der Waals surface area contributed by atoms with Gasteiger partial charge in [0.15, 0.2) is 5.13 Å². The summed E-state index contributed by atoms with van der Waals surface area (Å²) in [6.45, 7) is 1.76. The number of nitrogens with one attached hydrogen (secondary N) is 1. The number of fused-ring (bicyclic) bond motifs is 1. The quantitative estimate of drug-likeness (QED) is 0.896. The molecule has 0 bridgehead atoms. The van der Waals surface area contributed by atoms with Crippen molar-refractivity contribution in [2.75, 3.05) is 13.1 Å². The van der Waals surface area contributed by atoms with Gasteiger partial charge in [-0.1, -0.05) is 6.07 Å². The Morgan fingerprint density at radius 2 is 2.19 bits per heavy atom. The first-order chi connectivity index (χ1) is 7.33. The first-order valence-electron chi connectivity index (χ1n) is 4.88. The van der Waals surface area contributed by atoms with E-state index in [0.717, 1.165) is 40.3 Å². The summed E-state index contributed by atoms with van der Waals surface area (Å²) < 4.78 is 19.8. The highest BCUT2D eigenvalue weighted by Gasteiger charge is 2.19.